The highest BCUT2D eigenvalue weighted by atomic mass is 16.5. The molecule has 2 atom stereocenters. The van der Waals surface area contributed by atoms with Crippen LogP contribution in [-0.2, 0) is 0 Å². The lowest BCUT2D eigenvalue weighted by Crippen LogP contribution is -2.51. The van der Waals surface area contributed by atoms with Gasteiger partial charge >= 0.3 is 0 Å². The molecule has 0 aromatic carbocycles. The molecule has 0 aliphatic carbocycles. The highest BCUT2D eigenvalue weighted by molar-refractivity contribution is 4.80. The highest BCUT2D eigenvalue weighted by Crippen LogP contribution is 2.24. The molecule has 0 rings (SSSR count). The molecule has 0 saturated heterocycles. The number of unbranched alkanes of at least 4 members (excludes halogenated alkanes) is 5. The van der Waals surface area contributed by atoms with Crippen molar-refractivity contribution in [3.8, 4) is 0 Å². The Balaban J connectivity index is 3.87. The first-order chi connectivity index (χ1) is 7.95. The van der Waals surface area contributed by atoms with E-state index in [1.165, 1.54) is 19.3 Å². The van der Waals surface area contributed by atoms with Gasteiger partial charge in [-0.15, -0.1) is 0 Å². The molecule has 0 aromatic heterocycles. The second-order valence-corrected chi connectivity index (χ2v) is 4.92. The van der Waals surface area contributed by atoms with E-state index in [4.69, 9.17) is 5.73 Å². The molecule has 0 fully saturated rings. The van der Waals surface area contributed by atoms with Gasteiger partial charge in [0.15, 0.2) is 6.29 Å². The molecule has 2 unspecified atom stereocenters. The maximum atomic E-state index is 9.85. The van der Waals surface area contributed by atoms with Crippen molar-refractivity contribution in [2.24, 2.45) is 11.7 Å². The molecule has 0 saturated carbocycles. The molecule has 0 heterocycles. The normalized spacial score (nSPS) is 17.1. The van der Waals surface area contributed by atoms with Gasteiger partial charge < -0.3 is 21.1 Å². The SMILES string of the molecule is CCCCCCCCC(C(O)O)C(N)(O)CC. The van der Waals surface area contributed by atoms with Gasteiger partial charge in [0.2, 0.25) is 0 Å². The minimum Gasteiger partial charge on any atom is -0.376 e. The molecule has 0 radical (unpaired) electrons. The van der Waals surface area contributed by atoms with Crippen molar-refractivity contribution in [1.29, 1.82) is 0 Å². The van der Waals surface area contributed by atoms with Gasteiger partial charge in [-0.3, -0.25) is 0 Å². The summed E-state index contributed by atoms with van der Waals surface area (Å²) >= 11 is 0. The topological polar surface area (TPSA) is 86.7 Å². The summed E-state index contributed by atoms with van der Waals surface area (Å²) in [5, 5.41) is 28.3. The van der Waals surface area contributed by atoms with Crippen LogP contribution < -0.4 is 5.73 Å². The first kappa shape index (κ1) is 16.8. The van der Waals surface area contributed by atoms with Crippen LogP contribution in [-0.4, -0.2) is 27.3 Å². The lowest BCUT2D eigenvalue weighted by Gasteiger charge is -2.33. The summed E-state index contributed by atoms with van der Waals surface area (Å²) in [7, 11) is 0. The van der Waals surface area contributed by atoms with E-state index in [9.17, 15) is 15.3 Å². The van der Waals surface area contributed by atoms with Gasteiger partial charge in [0.1, 0.15) is 5.72 Å². The van der Waals surface area contributed by atoms with Crippen LogP contribution in [0.1, 0.15) is 65.2 Å². The number of aliphatic hydroxyl groups is 3. The molecule has 4 heteroatoms. The van der Waals surface area contributed by atoms with Crippen LogP contribution in [0.2, 0.25) is 0 Å². The van der Waals surface area contributed by atoms with Crippen LogP contribution in [0.3, 0.4) is 0 Å². The summed E-state index contributed by atoms with van der Waals surface area (Å²) in [5.41, 5.74) is 4.18. The van der Waals surface area contributed by atoms with Crippen molar-refractivity contribution < 1.29 is 15.3 Å². The van der Waals surface area contributed by atoms with Crippen LogP contribution in [0, 0.1) is 5.92 Å². The second-order valence-electron chi connectivity index (χ2n) is 4.92. The van der Waals surface area contributed by atoms with Crippen molar-refractivity contribution >= 4 is 0 Å². The minimum atomic E-state index is -1.54. The fraction of sp³-hybridized carbons (Fsp3) is 1.00. The van der Waals surface area contributed by atoms with Gasteiger partial charge in [0, 0.05) is 0 Å². The summed E-state index contributed by atoms with van der Waals surface area (Å²) in [6.45, 7) is 3.92. The molecule has 17 heavy (non-hydrogen) atoms. The molecular formula is C13H29NO3. The van der Waals surface area contributed by atoms with E-state index in [0.29, 0.717) is 12.8 Å². The molecule has 0 aromatic rings. The maximum Gasteiger partial charge on any atom is 0.158 e. The Morgan fingerprint density at radius 2 is 1.53 bits per heavy atom. The quantitative estimate of drug-likeness (QED) is 0.350. The Kier molecular flexibility index (Phi) is 8.78. The zero-order valence-electron chi connectivity index (χ0n) is 11.2. The van der Waals surface area contributed by atoms with Crippen LogP contribution >= 0.6 is 0 Å². The predicted molar refractivity (Wildman–Crippen MR) is 69.1 cm³/mol. The average molecular weight is 247 g/mol. The highest BCUT2D eigenvalue weighted by Gasteiger charge is 2.34. The summed E-state index contributed by atoms with van der Waals surface area (Å²) in [6, 6.07) is 0. The number of hydrogen-bond acceptors (Lipinski definition) is 4. The summed E-state index contributed by atoms with van der Waals surface area (Å²) in [5.74, 6) is -0.654. The van der Waals surface area contributed by atoms with Crippen molar-refractivity contribution in [1.82, 2.24) is 0 Å². The van der Waals surface area contributed by atoms with E-state index in [0.717, 1.165) is 19.3 Å². The minimum absolute atomic E-state index is 0.325. The predicted octanol–water partition coefficient (Wildman–Crippen LogP) is 1.72. The van der Waals surface area contributed by atoms with Crippen LogP contribution in [0.25, 0.3) is 0 Å². The van der Waals surface area contributed by atoms with Gasteiger partial charge in [-0.25, -0.2) is 0 Å². The summed E-state index contributed by atoms with van der Waals surface area (Å²) in [6.07, 6.45) is 6.14. The van der Waals surface area contributed by atoms with Gasteiger partial charge in [-0.1, -0.05) is 52.4 Å². The fourth-order valence-corrected chi connectivity index (χ4v) is 2.06. The van der Waals surface area contributed by atoms with E-state index >= 15 is 0 Å². The zero-order chi connectivity index (χ0) is 13.3. The van der Waals surface area contributed by atoms with E-state index in [1.54, 1.807) is 6.92 Å². The van der Waals surface area contributed by atoms with Gasteiger partial charge in [0.05, 0.1) is 5.92 Å². The smallest absolute Gasteiger partial charge is 0.158 e. The first-order valence-electron chi connectivity index (χ1n) is 6.83. The average Bonchev–Trinajstić information content (AvgIpc) is 2.27. The Labute approximate surface area is 105 Å². The van der Waals surface area contributed by atoms with Gasteiger partial charge in [0.25, 0.3) is 0 Å². The third-order valence-electron chi connectivity index (χ3n) is 3.44. The van der Waals surface area contributed by atoms with Crippen molar-refractivity contribution in [3.63, 3.8) is 0 Å². The molecule has 0 amide bonds. The summed E-state index contributed by atoms with van der Waals surface area (Å²) in [4.78, 5) is 0. The van der Waals surface area contributed by atoms with Gasteiger partial charge in [-0.2, -0.15) is 0 Å². The molecule has 104 valence electrons. The lowest BCUT2D eigenvalue weighted by atomic mass is 9.88. The van der Waals surface area contributed by atoms with Crippen LogP contribution in [0.15, 0.2) is 0 Å². The number of hydrogen-bond donors (Lipinski definition) is 4. The second kappa shape index (κ2) is 8.86. The Bertz CT molecular complexity index is 184. The fourth-order valence-electron chi connectivity index (χ4n) is 2.06. The molecule has 5 N–H and O–H groups in total. The van der Waals surface area contributed by atoms with Crippen molar-refractivity contribution in [3.05, 3.63) is 0 Å². The Morgan fingerprint density at radius 1 is 1.00 bits per heavy atom. The van der Waals surface area contributed by atoms with Gasteiger partial charge in [-0.05, 0) is 12.8 Å². The van der Waals surface area contributed by atoms with Crippen LogP contribution in [0.4, 0.5) is 0 Å². The number of nitrogens with two attached hydrogens (primary N) is 1. The molecule has 0 bridgehead atoms. The van der Waals surface area contributed by atoms with E-state index in [-0.39, 0.29) is 0 Å². The molecule has 4 nitrogen and oxygen atoms in total. The largest absolute Gasteiger partial charge is 0.376 e. The molecule has 0 aliphatic heterocycles. The zero-order valence-corrected chi connectivity index (χ0v) is 11.2. The Hall–Kier alpha value is -0.160. The van der Waals surface area contributed by atoms with Crippen molar-refractivity contribution in [2.45, 2.75) is 77.2 Å². The number of aliphatic hydroxyl groups excluding tert-OH is 1. The van der Waals surface area contributed by atoms with E-state index < -0.39 is 17.9 Å². The third kappa shape index (κ3) is 6.99. The monoisotopic (exact) mass is 247 g/mol. The molecule has 0 aliphatic rings. The maximum absolute atomic E-state index is 9.85. The van der Waals surface area contributed by atoms with E-state index in [1.807, 2.05) is 0 Å². The standard InChI is InChI=1S/C13H29NO3/c1-3-5-6-7-8-9-10-11(12(15)16)13(14,17)4-2/h11-12,15-17H,3-10,14H2,1-2H3. The molecular weight excluding hydrogens is 218 g/mol. The van der Waals surface area contributed by atoms with E-state index in [2.05, 4.69) is 6.92 Å². The lowest BCUT2D eigenvalue weighted by molar-refractivity contribution is -0.158. The van der Waals surface area contributed by atoms with Crippen LogP contribution in [0.5, 0.6) is 0 Å². The Morgan fingerprint density at radius 3 is 2.00 bits per heavy atom. The molecule has 0 spiro atoms. The third-order valence-corrected chi connectivity index (χ3v) is 3.44. The first-order valence-corrected chi connectivity index (χ1v) is 6.83. The summed E-state index contributed by atoms with van der Waals surface area (Å²) < 4.78 is 0. The number of rotatable bonds is 10. The van der Waals surface area contributed by atoms with Crippen molar-refractivity contribution in [2.75, 3.05) is 0 Å².